The molecule has 2 rings (SSSR count). The fraction of sp³-hybridized carbons (Fsp3) is 0.636. The fourth-order valence-electron chi connectivity index (χ4n) is 1.88. The lowest BCUT2D eigenvalue weighted by molar-refractivity contribution is 0.270. The SMILES string of the molecule is ClC1CCCN(Cc2ncccn2)CC1. The van der Waals surface area contributed by atoms with Crippen LogP contribution < -0.4 is 0 Å². The molecule has 0 saturated carbocycles. The molecule has 1 aromatic heterocycles. The normalized spacial score (nSPS) is 23.7. The van der Waals surface area contributed by atoms with Crippen LogP contribution in [0.3, 0.4) is 0 Å². The molecule has 1 aliphatic heterocycles. The average molecular weight is 226 g/mol. The van der Waals surface area contributed by atoms with Gasteiger partial charge in [-0.25, -0.2) is 9.97 Å². The molecule has 1 aromatic rings. The molecular weight excluding hydrogens is 210 g/mol. The largest absolute Gasteiger partial charge is 0.296 e. The molecule has 0 aromatic carbocycles. The highest BCUT2D eigenvalue weighted by Gasteiger charge is 2.15. The van der Waals surface area contributed by atoms with Crippen molar-refractivity contribution < 1.29 is 0 Å². The fourth-order valence-corrected chi connectivity index (χ4v) is 2.14. The van der Waals surface area contributed by atoms with E-state index in [2.05, 4.69) is 14.9 Å². The van der Waals surface area contributed by atoms with E-state index in [1.807, 2.05) is 6.07 Å². The number of alkyl halides is 1. The molecule has 1 fully saturated rings. The van der Waals surface area contributed by atoms with Gasteiger partial charge in [-0.3, -0.25) is 4.90 Å². The van der Waals surface area contributed by atoms with Gasteiger partial charge in [-0.1, -0.05) is 0 Å². The molecule has 1 unspecified atom stereocenters. The Morgan fingerprint density at radius 3 is 2.87 bits per heavy atom. The highest BCUT2D eigenvalue weighted by atomic mass is 35.5. The zero-order valence-corrected chi connectivity index (χ0v) is 9.53. The monoisotopic (exact) mass is 225 g/mol. The molecule has 2 heterocycles. The summed E-state index contributed by atoms with van der Waals surface area (Å²) in [5, 5.41) is 0.353. The smallest absolute Gasteiger partial charge is 0.142 e. The van der Waals surface area contributed by atoms with Crippen LogP contribution in [0.5, 0.6) is 0 Å². The molecule has 0 spiro atoms. The number of rotatable bonds is 2. The van der Waals surface area contributed by atoms with Crippen LogP contribution in [-0.2, 0) is 6.54 Å². The first-order chi connectivity index (χ1) is 7.34. The summed E-state index contributed by atoms with van der Waals surface area (Å²) in [6.45, 7) is 3.03. The van der Waals surface area contributed by atoms with Crippen molar-refractivity contribution in [2.75, 3.05) is 13.1 Å². The molecule has 0 N–H and O–H groups in total. The van der Waals surface area contributed by atoms with Gasteiger partial charge in [-0.2, -0.15) is 0 Å². The van der Waals surface area contributed by atoms with Gasteiger partial charge in [0.25, 0.3) is 0 Å². The van der Waals surface area contributed by atoms with E-state index >= 15 is 0 Å². The zero-order chi connectivity index (χ0) is 10.5. The predicted octanol–water partition coefficient (Wildman–Crippen LogP) is 2.07. The zero-order valence-electron chi connectivity index (χ0n) is 8.77. The molecule has 1 atom stereocenters. The quantitative estimate of drug-likeness (QED) is 0.722. The Labute approximate surface area is 95.5 Å². The van der Waals surface area contributed by atoms with Gasteiger partial charge in [0.15, 0.2) is 0 Å². The minimum Gasteiger partial charge on any atom is -0.296 e. The Balaban J connectivity index is 1.89. The molecule has 0 bridgehead atoms. The van der Waals surface area contributed by atoms with Crippen molar-refractivity contribution in [3.8, 4) is 0 Å². The summed E-state index contributed by atoms with van der Waals surface area (Å²) >= 11 is 6.13. The van der Waals surface area contributed by atoms with E-state index in [-0.39, 0.29) is 0 Å². The third kappa shape index (κ3) is 3.43. The molecular formula is C11H16ClN3. The molecule has 3 nitrogen and oxygen atoms in total. The summed E-state index contributed by atoms with van der Waals surface area (Å²) in [5.74, 6) is 0.908. The van der Waals surface area contributed by atoms with E-state index in [4.69, 9.17) is 11.6 Å². The second kappa shape index (κ2) is 5.42. The summed E-state index contributed by atoms with van der Waals surface area (Å²) in [4.78, 5) is 10.9. The third-order valence-corrected chi connectivity index (χ3v) is 3.17. The third-order valence-electron chi connectivity index (χ3n) is 2.73. The summed E-state index contributed by atoms with van der Waals surface area (Å²) in [6, 6.07) is 1.85. The van der Waals surface area contributed by atoms with E-state index in [1.54, 1.807) is 12.4 Å². The summed E-state index contributed by atoms with van der Waals surface area (Å²) in [6.07, 6.45) is 6.98. The first-order valence-corrected chi connectivity index (χ1v) is 5.90. The van der Waals surface area contributed by atoms with E-state index in [9.17, 15) is 0 Å². The van der Waals surface area contributed by atoms with Crippen molar-refractivity contribution in [1.82, 2.24) is 14.9 Å². The number of likely N-dealkylation sites (tertiary alicyclic amines) is 1. The van der Waals surface area contributed by atoms with Gasteiger partial charge in [0.1, 0.15) is 5.82 Å². The number of halogens is 1. The predicted molar refractivity (Wildman–Crippen MR) is 60.8 cm³/mol. The van der Waals surface area contributed by atoms with Gasteiger partial charge < -0.3 is 0 Å². The Kier molecular flexibility index (Phi) is 3.92. The van der Waals surface area contributed by atoms with Gasteiger partial charge in [0, 0.05) is 24.3 Å². The Morgan fingerprint density at radius 1 is 1.27 bits per heavy atom. The van der Waals surface area contributed by atoms with E-state index in [1.165, 1.54) is 6.42 Å². The molecule has 82 valence electrons. The highest BCUT2D eigenvalue weighted by Crippen LogP contribution is 2.16. The molecule has 1 saturated heterocycles. The minimum atomic E-state index is 0.353. The second-order valence-electron chi connectivity index (χ2n) is 3.97. The summed E-state index contributed by atoms with van der Waals surface area (Å²) < 4.78 is 0. The molecule has 15 heavy (non-hydrogen) atoms. The van der Waals surface area contributed by atoms with Crippen molar-refractivity contribution in [2.45, 2.75) is 31.2 Å². The maximum absolute atomic E-state index is 6.13. The topological polar surface area (TPSA) is 29.0 Å². The van der Waals surface area contributed by atoms with Crippen LogP contribution in [0.4, 0.5) is 0 Å². The van der Waals surface area contributed by atoms with E-state index in [0.717, 1.165) is 38.3 Å². The van der Waals surface area contributed by atoms with Crippen LogP contribution in [0.1, 0.15) is 25.1 Å². The van der Waals surface area contributed by atoms with Crippen molar-refractivity contribution in [3.05, 3.63) is 24.3 Å². The molecule has 0 radical (unpaired) electrons. The minimum absolute atomic E-state index is 0.353. The summed E-state index contributed by atoms with van der Waals surface area (Å²) in [7, 11) is 0. The van der Waals surface area contributed by atoms with Crippen LogP contribution in [0, 0.1) is 0 Å². The number of aromatic nitrogens is 2. The van der Waals surface area contributed by atoms with Gasteiger partial charge in [0.2, 0.25) is 0 Å². The number of hydrogen-bond acceptors (Lipinski definition) is 3. The Bertz CT molecular complexity index is 291. The molecule has 1 aliphatic rings. The Morgan fingerprint density at radius 2 is 2.07 bits per heavy atom. The van der Waals surface area contributed by atoms with Gasteiger partial charge in [-0.15, -0.1) is 11.6 Å². The van der Waals surface area contributed by atoms with Crippen molar-refractivity contribution in [2.24, 2.45) is 0 Å². The second-order valence-corrected chi connectivity index (χ2v) is 4.59. The van der Waals surface area contributed by atoms with Crippen molar-refractivity contribution in [1.29, 1.82) is 0 Å². The molecule has 0 aliphatic carbocycles. The van der Waals surface area contributed by atoms with Crippen LogP contribution in [-0.4, -0.2) is 33.3 Å². The van der Waals surface area contributed by atoms with Gasteiger partial charge >= 0.3 is 0 Å². The summed E-state index contributed by atoms with van der Waals surface area (Å²) in [5.41, 5.74) is 0. The van der Waals surface area contributed by atoms with Crippen LogP contribution in [0.2, 0.25) is 0 Å². The lowest BCUT2D eigenvalue weighted by Crippen LogP contribution is -2.25. The lowest BCUT2D eigenvalue weighted by Gasteiger charge is -2.18. The standard InChI is InChI=1S/C11H16ClN3/c12-10-3-1-7-15(8-4-10)9-11-13-5-2-6-14-11/h2,5-6,10H,1,3-4,7-9H2. The van der Waals surface area contributed by atoms with Crippen molar-refractivity contribution >= 4 is 11.6 Å². The van der Waals surface area contributed by atoms with E-state index < -0.39 is 0 Å². The van der Waals surface area contributed by atoms with Gasteiger partial charge in [-0.05, 0) is 31.9 Å². The first kappa shape index (κ1) is 10.8. The maximum Gasteiger partial charge on any atom is 0.142 e. The van der Waals surface area contributed by atoms with Gasteiger partial charge in [0.05, 0.1) is 6.54 Å². The van der Waals surface area contributed by atoms with E-state index in [0.29, 0.717) is 5.38 Å². The van der Waals surface area contributed by atoms with Crippen molar-refractivity contribution in [3.63, 3.8) is 0 Å². The average Bonchev–Trinajstić information content (AvgIpc) is 2.46. The van der Waals surface area contributed by atoms with Crippen LogP contribution in [0.25, 0.3) is 0 Å². The maximum atomic E-state index is 6.13. The Hall–Kier alpha value is -0.670. The number of hydrogen-bond donors (Lipinski definition) is 0. The molecule has 4 heteroatoms. The molecule has 0 amide bonds. The first-order valence-electron chi connectivity index (χ1n) is 5.47. The van der Waals surface area contributed by atoms with Crippen LogP contribution in [0.15, 0.2) is 18.5 Å². The number of nitrogens with zero attached hydrogens (tertiary/aromatic N) is 3. The van der Waals surface area contributed by atoms with Crippen LogP contribution >= 0.6 is 11.6 Å². The highest BCUT2D eigenvalue weighted by molar-refractivity contribution is 6.20. The lowest BCUT2D eigenvalue weighted by atomic mass is 10.2.